The van der Waals surface area contributed by atoms with E-state index in [4.69, 9.17) is 21.8 Å². The van der Waals surface area contributed by atoms with Crippen molar-refractivity contribution in [2.24, 2.45) is 5.73 Å². The van der Waals surface area contributed by atoms with Crippen LogP contribution < -0.4 is 5.73 Å². The molecule has 0 bridgehead atoms. The summed E-state index contributed by atoms with van der Waals surface area (Å²) in [4.78, 5) is 4.35. The zero-order valence-electron chi connectivity index (χ0n) is 10.3. The third-order valence-corrected chi connectivity index (χ3v) is 4.05. The first-order chi connectivity index (χ1) is 8.60. The maximum atomic E-state index is 5.99. The first-order valence-corrected chi connectivity index (χ1v) is 6.92. The molecule has 1 unspecified atom stereocenters. The third kappa shape index (κ3) is 3.07. The highest BCUT2D eigenvalue weighted by molar-refractivity contribution is 7.99. The van der Waals surface area contributed by atoms with Crippen molar-refractivity contribution in [3.05, 3.63) is 46.3 Å². The molecule has 0 aliphatic rings. The predicted octanol–water partition coefficient (Wildman–Crippen LogP) is 3.74. The van der Waals surface area contributed by atoms with Crippen LogP contribution in [0.4, 0.5) is 0 Å². The van der Waals surface area contributed by atoms with E-state index in [0.29, 0.717) is 16.8 Å². The fourth-order valence-corrected chi connectivity index (χ4v) is 2.76. The van der Waals surface area contributed by atoms with Crippen molar-refractivity contribution in [2.75, 3.05) is 6.54 Å². The van der Waals surface area contributed by atoms with E-state index < -0.39 is 0 Å². The molecule has 5 heteroatoms. The average molecular weight is 283 g/mol. The number of halogens is 1. The number of aryl methyl sites for hydroxylation is 2. The van der Waals surface area contributed by atoms with Crippen molar-refractivity contribution in [3.63, 3.8) is 0 Å². The van der Waals surface area contributed by atoms with Crippen LogP contribution in [0.1, 0.15) is 22.3 Å². The van der Waals surface area contributed by atoms with Gasteiger partial charge >= 0.3 is 0 Å². The second-order valence-corrected chi connectivity index (χ2v) is 5.61. The van der Waals surface area contributed by atoms with Gasteiger partial charge in [0.15, 0.2) is 0 Å². The molecule has 2 rings (SSSR count). The van der Waals surface area contributed by atoms with Crippen LogP contribution in [-0.4, -0.2) is 11.5 Å². The van der Waals surface area contributed by atoms with Crippen LogP contribution in [-0.2, 0) is 0 Å². The lowest BCUT2D eigenvalue weighted by Gasteiger charge is -2.12. The molecule has 1 aromatic carbocycles. The summed E-state index contributed by atoms with van der Waals surface area (Å²) >= 11 is 7.51. The van der Waals surface area contributed by atoms with E-state index in [-0.39, 0.29) is 5.25 Å². The summed E-state index contributed by atoms with van der Waals surface area (Å²) < 4.78 is 5.56. The number of thioether (sulfide) groups is 1. The molecule has 0 spiro atoms. The van der Waals surface area contributed by atoms with Crippen LogP contribution in [0.2, 0.25) is 5.02 Å². The summed E-state index contributed by atoms with van der Waals surface area (Å²) in [5.74, 6) is 0.847. The van der Waals surface area contributed by atoms with Crippen molar-refractivity contribution < 1.29 is 4.42 Å². The van der Waals surface area contributed by atoms with Crippen LogP contribution in [0.3, 0.4) is 0 Å². The lowest BCUT2D eigenvalue weighted by Crippen LogP contribution is -2.09. The van der Waals surface area contributed by atoms with Crippen LogP contribution in [0.15, 0.2) is 33.9 Å². The lowest BCUT2D eigenvalue weighted by atomic mass is 10.1. The number of nitrogens with two attached hydrogens (primary N) is 1. The average Bonchev–Trinajstić information content (AvgIpc) is 2.65. The van der Waals surface area contributed by atoms with Crippen molar-refractivity contribution in [1.82, 2.24) is 4.98 Å². The molecule has 0 saturated heterocycles. The van der Waals surface area contributed by atoms with E-state index in [2.05, 4.69) is 4.98 Å². The summed E-state index contributed by atoms with van der Waals surface area (Å²) in [5.41, 5.74) is 7.82. The SMILES string of the molecule is Cc1nc(SC(CN)c2cccc(Cl)c2)oc1C. The van der Waals surface area contributed by atoms with Crippen molar-refractivity contribution >= 4 is 23.4 Å². The number of hydrogen-bond donors (Lipinski definition) is 1. The second-order valence-electron chi connectivity index (χ2n) is 4.02. The summed E-state index contributed by atoms with van der Waals surface area (Å²) in [7, 11) is 0. The van der Waals surface area contributed by atoms with Gasteiger partial charge in [-0.15, -0.1) is 0 Å². The Morgan fingerprint density at radius 1 is 1.44 bits per heavy atom. The number of hydrogen-bond acceptors (Lipinski definition) is 4. The van der Waals surface area contributed by atoms with Crippen LogP contribution in [0.5, 0.6) is 0 Å². The Morgan fingerprint density at radius 2 is 2.22 bits per heavy atom. The van der Waals surface area contributed by atoms with Crippen molar-refractivity contribution in [1.29, 1.82) is 0 Å². The van der Waals surface area contributed by atoms with Crippen LogP contribution >= 0.6 is 23.4 Å². The monoisotopic (exact) mass is 282 g/mol. The minimum absolute atomic E-state index is 0.0983. The van der Waals surface area contributed by atoms with E-state index in [9.17, 15) is 0 Å². The molecule has 0 fully saturated rings. The Hall–Kier alpha value is -0.970. The lowest BCUT2D eigenvalue weighted by molar-refractivity contribution is 0.430. The van der Waals surface area contributed by atoms with Gasteiger partial charge in [0.25, 0.3) is 5.22 Å². The van der Waals surface area contributed by atoms with E-state index >= 15 is 0 Å². The molecular formula is C13H15ClN2OS. The molecule has 3 nitrogen and oxygen atoms in total. The normalized spacial score (nSPS) is 12.7. The minimum atomic E-state index is 0.0983. The molecule has 18 heavy (non-hydrogen) atoms. The molecule has 0 aliphatic carbocycles. The quantitative estimate of drug-likeness (QED) is 0.868. The van der Waals surface area contributed by atoms with Gasteiger partial charge < -0.3 is 10.2 Å². The van der Waals surface area contributed by atoms with Crippen molar-refractivity contribution in [2.45, 2.75) is 24.3 Å². The van der Waals surface area contributed by atoms with Gasteiger partial charge in [-0.1, -0.05) is 35.5 Å². The Balaban J connectivity index is 2.19. The van der Waals surface area contributed by atoms with Crippen LogP contribution in [0.25, 0.3) is 0 Å². The highest BCUT2D eigenvalue weighted by Gasteiger charge is 2.16. The Bertz CT molecular complexity index is 522. The predicted molar refractivity (Wildman–Crippen MR) is 75.1 cm³/mol. The Kier molecular flexibility index (Phi) is 4.32. The molecule has 0 aliphatic heterocycles. The summed E-state index contributed by atoms with van der Waals surface area (Å²) in [6, 6.07) is 7.71. The zero-order chi connectivity index (χ0) is 13.1. The fraction of sp³-hybridized carbons (Fsp3) is 0.308. The number of nitrogens with zero attached hydrogens (tertiary/aromatic N) is 1. The molecule has 2 aromatic rings. The number of rotatable bonds is 4. The maximum absolute atomic E-state index is 5.99. The molecule has 0 radical (unpaired) electrons. The van der Waals surface area contributed by atoms with Gasteiger partial charge in [-0.2, -0.15) is 0 Å². The third-order valence-electron chi connectivity index (χ3n) is 2.69. The van der Waals surface area contributed by atoms with E-state index in [0.717, 1.165) is 17.0 Å². The summed E-state index contributed by atoms with van der Waals surface area (Å²) in [6.45, 7) is 4.34. The first-order valence-electron chi connectivity index (χ1n) is 5.66. The summed E-state index contributed by atoms with van der Waals surface area (Å²) in [6.07, 6.45) is 0. The number of aromatic nitrogens is 1. The first kappa shape index (κ1) is 13.5. The molecule has 0 amide bonds. The molecular weight excluding hydrogens is 268 g/mol. The molecule has 1 atom stereocenters. The van der Waals surface area contributed by atoms with Gasteiger partial charge in [0.1, 0.15) is 5.76 Å². The van der Waals surface area contributed by atoms with Crippen LogP contribution in [0, 0.1) is 13.8 Å². The van der Waals surface area contributed by atoms with Gasteiger partial charge in [-0.25, -0.2) is 4.98 Å². The fourth-order valence-electron chi connectivity index (χ4n) is 1.57. The maximum Gasteiger partial charge on any atom is 0.256 e. The summed E-state index contributed by atoms with van der Waals surface area (Å²) in [5, 5.41) is 1.47. The minimum Gasteiger partial charge on any atom is -0.437 e. The number of oxazole rings is 1. The Morgan fingerprint density at radius 3 is 2.78 bits per heavy atom. The number of benzene rings is 1. The van der Waals surface area contributed by atoms with Gasteiger partial charge in [0, 0.05) is 11.6 Å². The van der Waals surface area contributed by atoms with E-state index in [1.165, 1.54) is 11.8 Å². The largest absolute Gasteiger partial charge is 0.437 e. The highest BCUT2D eigenvalue weighted by atomic mass is 35.5. The zero-order valence-corrected chi connectivity index (χ0v) is 11.9. The molecule has 0 saturated carbocycles. The van der Waals surface area contributed by atoms with E-state index in [1.807, 2.05) is 38.1 Å². The standard InChI is InChI=1S/C13H15ClN2OS/c1-8-9(2)17-13(16-8)18-12(7-15)10-4-3-5-11(14)6-10/h3-6,12H,7,15H2,1-2H3. The van der Waals surface area contributed by atoms with Gasteiger partial charge in [-0.3, -0.25) is 0 Å². The van der Waals surface area contributed by atoms with Gasteiger partial charge in [-0.05, 0) is 31.5 Å². The second kappa shape index (κ2) is 5.78. The van der Waals surface area contributed by atoms with Crippen molar-refractivity contribution in [3.8, 4) is 0 Å². The molecule has 1 heterocycles. The highest BCUT2D eigenvalue weighted by Crippen LogP contribution is 2.35. The Labute approximate surface area is 116 Å². The molecule has 1 aromatic heterocycles. The smallest absolute Gasteiger partial charge is 0.256 e. The van der Waals surface area contributed by atoms with Gasteiger partial charge in [0.05, 0.1) is 10.9 Å². The van der Waals surface area contributed by atoms with E-state index in [1.54, 1.807) is 0 Å². The molecule has 96 valence electrons. The van der Waals surface area contributed by atoms with Gasteiger partial charge in [0.2, 0.25) is 0 Å². The topological polar surface area (TPSA) is 52.0 Å². The molecule has 2 N–H and O–H groups in total.